The van der Waals surface area contributed by atoms with Gasteiger partial charge in [0.15, 0.2) is 0 Å². The van der Waals surface area contributed by atoms with E-state index in [2.05, 4.69) is 47.2 Å². The fourth-order valence-corrected chi connectivity index (χ4v) is 4.21. The lowest BCUT2D eigenvalue weighted by Crippen LogP contribution is -2.15. The minimum Gasteiger partial charge on any atom is -0.497 e. The number of nitrogens with one attached hydrogen (secondary N) is 1. The average molecular weight is 410 g/mol. The smallest absolute Gasteiger partial charge is 0.120 e. The van der Waals surface area contributed by atoms with E-state index in [9.17, 15) is 9.47 Å². The maximum Gasteiger partial charge on any atom is 0.120 e. The molecule has 0 spiro atoms. The number of hydrogen-bond donors (Lipinski definition) is 1. The molecule has 29 heavy (non-hydrogen) atoms. The lowest BCUT2D eigenvalue weighted by Gasteiger charge is -2.10. The van der Waals surface area contributed by atoms with Crippen LogP contribution in [0.3, 0.4) is 0 Å². The van der Waals surface area contributed by atoms with Gasteiger partial charge >= 0.3 is 0 Å². The van der Waals surface area contributed by atoms with Crippen molar-refractivity contribution in [2.45, 2.75) is 26.3 Å². The maximum atomic E-state index is 11.2. The van der Waals surface area contributed by atoms with E-state index in [1.165, 1.54) is 0 Å². The monoisotopic (exact) mass is 409 g/mol. The minimum absolute atomic E-state index is 0.705. The zero-order valence-electron chi connectivity index (χ0n) is 17.2. The molecule has 1 unspecified atom stereocenters. The number of hydrogen-bond acceptors (Lipinski definition) is 4. The highest BCUT2D eigenvalue weighted by Gasteiger charge is 2.19. The third-order valence-electron chi connectivity index (χ3n) is 5.04. The number of rotatable bonds is 8. The maximum absolute atomic E-state index is 11.2. The largest absolute Gasteiger partial charge is 0.497 e. The van der Waals surface area contributed by atoms with E-state index in [1.54, 1.807) is 13.4 Å². The molecule has 1 aliphatic carbocycles. The van der Waals surface area contributed by atoms with Crippen molar-refractivity contribution in [2.75, 3.05) is 25.7 Å². The highest BCUT2D eigenvalue weighted by atomic mass is 32.2. The van der Waals surface area contributed by atoms with Crippen LogP contribution in [0.2, 0.25) is 0 Å². The predicted octanol–water partition coefficient (Wildman–Crippen LogP) is 4.13. The van der Waals surface area contributed by atoms with E-state index in [-0.39, 0.29) is 0 Å². The van der Waals surface area contributed by atoms with Gasteiger partial charge in [0.05, 0.1) is 23.9 Å². The first kappa shape index (κ1) is 20.9. The van der Waals surface area contributed by atoms with E-state index in [0.717, 1.165) is 59.5 Å². The molecule has 3 rings (SSSR count). The summed E-state index contributed by atoms with van der Waals surface area (Å²) < 4.78 is 18.8. The summed E-state index contributed by atoms with van der Waals surface area (Å²) in [4.78, 5) is 0. The Morgan fingerprint density at radius 1 is 1.34 bits per heavy atom. The normalized spacial score (nSPS) is 14.7. The Balaban J connectivity index is 1.96. The third-order valence-corrected chi connectivity index (χ3v) is 5.90. The van der Waals surface area contributed by atoms with Crippen molar-refractivity contribution in [2.24, 2.45) is 0 Å². The molecule has 0 bridgehead atoms. The Morgan fingerprint density at radius 2 is 2.17 bits per heavy atom. The van der Waals surface area contributed by atoms with Gasteiger partial charge in [-0.05, 0) is 49.6 Å². The number of aryl methyl sites for hydroxylation is 1. The summed E-state index contributed by atoms with van der Waals surface area (Å²) in [7, 11) is 0.900. The molecule has 1 aromatic heterocycles. The molecule has 0 radical (unpaired) electrons. The lowest BCUT2D eigenvalue weighted by atomic mass is 10.0. The molecular formula is C23H27N3O2S. The van der Waals surface area contributed by atoms with Crippen LogP contribution in [0.25, 0.3) is 16.5 Å². The van der Waals surface area contributed by atoms with Gasteiger partial charge in [0.2, 0.25) is 0 Å². The molecule has 2 aromatic rings. The summed E-state index contributed by atoms with van der Waals surface area (Å²) in [5.41, 5.74) is 4.84. The number of fused-ring (bicyclic) bond motifs is 1. The van der Waals surface area contributed by atoms with Gasteiger partial charge in [-0.3, -0.25) is 4.21 Å². The molecule has 0 aliphatic heterocycles. The molecular weight excluding hydrogens is 382 g/mol. The third kappa shape index (κ3) is 4.63. The summed E-state index contributed by atoms with van der Waals surface area (Å²) >= 11 is 0. The molecule has 0 saturated carbocycles. The molecule has 5 nitrogen and oxygen atoms in total. The number of nitrogens with zero attached hydrogens (tertiary/aromatic N) is 2. The van der Waals surface area contributed by atoms with Crippen LogP contribution in [-0.4, -0.2) is 34.4 Å². The molecule has 1 heterocycles. The number of benzene rings is 1. The minimum atomic E-state index is -0.756. The number of aromatic nitrogens is 1. The van der Waals surface area contributed by atoms with Gasteiger partial charge in [-0.1, -0.05) is 12.2 Å². The molecule has 0 amide bonds. The van der Waals surface area contributed by atoms with Crippen LogP contribution in [0, 0.1) is 11.3 Å². The Hall–Kier alpha value is -2.78. The first-order valence-corrected chi connectivity index (χ1v) is 11.5. The second-order valence-corrected chi connectivity index (χ2v) is 8.50. The molecule has 152 valence electrons. The van der Waals surface area contributed by atoms with Gasteiger partial charge in [-0.25, -0.2) is 0 Å². The van der Waals surface area contributed by atoms with Crippen molar-refractivity contribution < 1.29 is 8.95 Å². The van der Waals surface area contributed by atoms with Crippen LogP contribution in [0.4, 0.5) is 0 Å². The van der Waals surface area contributed by atoms with Crippen molar-refractivity contribution in [1.29, 1.82) is 5.26 Å². The van der Waals surface area contributed by atoms with Crippen LogP contribution in [-0.2, 0) is 17.3 Å². The number of methoxy groups -OCH3 is 1. The quantitative estimate of drug-likeness (QED) is 0.666. The summed E-state index contributed by atoms with van der Waals surface area (Å²) in [6, 6.07) is 8.29. The van der Waals surface area contributed by atoms with E-state index in [4.69, 9.17) is 4.74 Å². The van der Waals surface area contributed by atoms with Crippen molar-refractivity contribution in [1.82, 2.24) is 9.88 Å². The second-order valence-electron chi connectivity index (χ2n) is 6.94. The SMILES string of the molecule is CCn1c(C2=CC=C(NCCCS(C)=O)C=CC2)c(C#N)c2ccc(OC)cc21. The van der Waals surface area contributed by atoms with Crippen molar-refractivity contribution >= 4 is 27.3 Å². The summed E-state index contributed by atoms with van der Waals surface area (Å²) in [6.45, 7) is 3.65. The van der Waals surface area contributed by atoms with Crippen LogP contribution in [0.5, 0.6) is 5.75 Å². The van der Waals surface area contributed by atoms with Gasteiger partial charge in [0.25, 0.3) is 0 Å². The van der Waals surface area contributed by atoms with Crippen molar-refractivity contribution in [3.8, 4) is 11.8 Å². The first-order chi connectivity index (χ1) is 14.1. The zero-order chi connectivity index (χ0) is 20.8. The lowest BCUT2D eigenvalue weighted by molar-refractivity contribution is 0.415. The Kier molecular flexibility index (Phi) is 6.95. The van der Waals surface area contributed by atoms with E-state index >= 15 is 0 Å². The van der Waals surface area contributed by atoms with Crippen LogP contribution < -0.4 is 10.1 Å². The average Bonchev–Trinajstić information content (AvgIpc) is 2.85. The fraction of sp³-hybridized carbons (Fsp3) is 0.348. The van der Waals surface area contributed by atoms with E-state index in [1.807, 2.05) is 18.2 Å². The first-order valence-electron chi connectivity index (χ1n) is 9.81. The highest BCUT2D eigenvalue weighted by molar-refractivity contribution is 7.84. The molecule has 1 atom stereocenters. The van der Waals surface area contributed by atoms with Crippen LogP contribution >= 0.6 is 0 Å². The topological polar surface area (TPSA) is 67.0 Å². The molecule has 6 heteroatoms. The van der Waals surface area contributed by atoms with E-state index in [0.29, 0.717) is 11.3 Å². The van der Waals surface area contributed by atoms with Gasteiger partial charge in [-0.15, -0.1) is 0 Å². The van der Waals surface area contributed by atoms with Crippen LogP contribution in [0.15, 0.2) is 48.2 Å². The van der Waals surface area contributed by atoms with Gasteiger partial charge in [0, 0.05) is 53.0 Å². The predicted molar refractivity (Wildman–Crippen MR) is 120 cm³/mol. The molecule has 0 fully saturated rings. The Labute approximate surface area is 174 Å². The standard InChI is InChI=1S/C23H27N3O2S/c1-4-26-22-15-19(28-2)11-12-20(22)21(16-24)23(26)17-7-5-8-18(10-9-17)25-13-6-14-29(3)27/h5,8-12,15,25H,4,6-7,13-14H2,1-3H3. The second kappa shape index (κ2) is 9.62. The molecule has 1 N–H and O–H groups in total. The van der Waals surface area contributed by atoms with Gasteiger partial charge in [0.1, 0.15) is 11.8 Å². The summed E-state index contributed by atoms with van der Waals surface area (Å²) in [6.07, 6.45) is 11.7. The number of nitriles is 1. The van der Waals surface area contributed by atoms with Gasteiger partial charge < -0.3 is 14.6 Å². The highest BCUT2D eigenvalue weighted by Crippen LogP contribution is 2.34. The Morgan fingerprint density at radius 3 is 2.86 bits per heavy atom. The van der Waals surface area contributed by atoms with E-state index < -0.39 is 10.8 Å². The molecule has 1 aliphatic rings. The Bertz CT molecular complexity index is 1050. The molecule has 1 aromatic carbocycles. The summed E-state index contributed by atoms with van der Waals surface area (Å²) in [5.74, 6) is 1.49. The zero-order valence-corrected chi connectivity index (χ0v) is 18.0. The molecule has 0 saturated heterocycles. The van der Waals surface area contributed by atoms with Crippen molar-refractivity contribution in [3.63, 3.8) is 0 Å². The fourth-order valence-electron chi connectivity index (χ4n) is 3.66. The number of allylic oxidation sites excluding steroid dienone is 5. The van der Waals surface area contributed by atoms with Crippen molar-refractivity contribution in [3.05, 3.63) is 59.5 Å². The number of ether oxygens (including phenoxy) is 1. The van der Waals surface area contributed by atoms with Gasteiger partial charge in [-0.2, -0.15) is 5.26 Å². The summed E-state index contributed by atoms with van der Waals surface area (Å²) in [5, 5.41) is 14.2. The van der Waals surface area contributed by atoms with Crippen LogP contribution in [0.1, 0.15) is 31.0 Å².